The van der Waals surface area contributed by atoms with Gasteiger partial charge in [0.05, 0.1) is 0 Å². The third-order valence-electron chi connectivity index (χ3n) is 1.00. The standard InChI is InChI=1S/C5H6N2O2.Li/c1-7-3-2-6-4(7)5(8)9;/h2-3H,1H3,(H,8,9);/q;+1/p-1. The van der Waals surface area contributed by atoms with Gasteiger partial charge in [0.1, 0.15) is 5.97 Å². The number of carbonyl (C=O) groups is 1. The van der Waals surface area contributed by atoms with Gasteiger partial charge in [0.15, 0.2) is 5.82 Å². The summed E-state index contributed by atoms with van der Waals surface area (Å²) in [7, 11) is 1.60. The minimum Gasteiger partial charge on any atom is -0.542 e. The molecule has 0 unspecified atom stereocenters. The molecule has 0 amide bonds. The largest absolute Gasteiger partial charge is 1.00 e. The summed E-state index contributed by atoms with van der Waals surface area (Å²) in [6, 6.07) is 0. The molecule has 48 valence electrons. The molecule has 0 aliphatic carbocycles. The van der Waals surface area contributed by atoms with Crippen LogP contribution in [0, 0.1) is 0 Å². The molecule has 0 saturated heterocycles. The van der Waals surface area contributed by atoms with E-state index in [4.69, 9.17) is 0 Å². The predicted molar refractivity (Wildman–Crippen MR) is 27.5 cm³/mol. The average Bonchev–Trinajstić information content (AvgIpc) is 2.13. The van der Waals surface area contributed by atoms with Crippen molar-refractivity contribution in [3.63, 3.8) is 0 Å². The number of imidazole rings is 1. The molecule has 4 nitrogen and oxygen atoms in total. The summed E-state index contributed by atoms with van der Waals surface area (Å²) < 4.78 is 1.38. The van der Waals surface area contributed by atoms with Crippen LogP contribution in [-0.4, -0.2) is 15.5 Å². The zero-order valence-electron chi connectivity index (χ0n) is 5.87. The number of carboxylic acids is 1. The Morgan fingerprint density at radius 1 is 1.80 bits per heavy atom. The van der Waals surface area contributed by atoms with Gasteiger partial charge in [0.2, 0.25) is 0 Å². The number of aryl methyl sites for hydroxylation is 1. The summed E-state index contributed by atoms with van der Waals surface area (Å²) in [5.41, 5.74) is 0. The Morgan fingerprint density at radius 3 is 2.60 bits per heavy atom. The van der Waals surface area contributed by atoms with Crippen molar-refractivity contribution < 1.29 is 28.8 Å². The average molecular weight is 132 g/mol. The van der Waals surface area contributed by atoms with E-state index in [-0.39, 0.29) is 24.7 Å². The van der Waals surface area contributed by atoms with Crippen LogP contribution in [0.15, 0.2) is 12.4 Å². The number of rotatable bonds is 1. The van der Waals surface area contributed by atoms with Crippen LogP contribution < -0.4 is 24.0 Å². The van der Waals surface area contributed by atoms with Crippen molar-refractivity contribution >= 4 is 5.97 Å². The predicted octanol–water partition coefficient (Wildman–Crippen LogP) is -4.21. The van der Waals surface area contributed by atoms with Crippen molar-refractivity contribution in [2.75, 3.05) is 0 Å². The Kier molecular flexibility index (Phi) is 3.20. The number of hydrogen-bond donors (Lipinski definition) is 0. The maximum atomic E-state index is 10.1. The molecular weight excluding hydrogens is 127 g/mol. The molecule has 1 heterocycles. The van der Waals surface area contributed by atoms with Gasteiger partial charge < -0.3 is 14.5 Å². The van der Waals surface area contributed by atoms with E-state index in [1.165, 1.54) is 10.8 Å². The molecule has 0 aromatic carbocycles. The summed E-state index contributed by atoms with van der Waals surface area (Å²) in [6.45, 7) is 0. The molecule has 0 aliphatic rings. The van der Waals surface area contributed by atoms with Gasteiger partial charge in [-0.05, 0) is 0 Å². The Bertz CT molecular complexity index is 233. The second-order valence-corrected chi connectivity index (χ2v) is 1.65. The van der Waals surface area contributed by atoms with Gasteiger partial charge in [0.25, 0.3) is 0 Å². The molecule has 5 heteroatoms. The van der Waals surface area contributed by atoms with Crippen LogP contribution in [0.25, 0.3) is 0 Å². The maximum absolute atomic E-state index is 10.1. The molecule has 0 N–H and O–H groups in total. The van der Waals surface area contributed by atoms with Crippen LogP contribution in [0.4, 0.5) is 0 Å². The molecule has 0 atom stereocenters. The molecule has 0 fully saturated rings. The first-order valence-corrected chi connectivity index (χ1v) is 2.40. The van der Waals surface area contributed by atoms with Crippen LogP contribution in [0.3, 0.4) is 0 Å². The fraction of sp³-hybridized carbons (Fsp3) is 0.200. The SMILES string of the molecule is Cn1ccnc1C(=O)[O-].[Li+]. The fourth-order valence-electron chi connectivity index (χ4n) is 0.562. The van der Waals surface area contributed by atoms with Crippen molar-refractivity contribution in [2.24, 2.45) is 7.05 Å². The minimum atomic E-state index is -1.25. The topological polar surface area (TPSA) is 58.0 Å². The molecule has 1 aromatic rings. The molecule has 0 spiro atoms. The third-order valence-corrected chi connectivity index (χ3v) is 1.00. The molecule has 1 rings (SSSR count). The van der Waals surface area contributed by atoms with Gasteiger partial charge in [-0.25, -0.2) is 4.98 Å². The quantitative estimate of drug-likeness (QED) is 0.364. The van der Waals surface area contributed by atoms with Gasteiger partial charge in [-0.2, -0.15) is 0 Å². The van der Waals surface area contributed by atoms with Crippen molar-refractivity contribution in [3.8, 4) is 0 Å². The van der Waals surface area contributed by atoms with Gasteiger partial charge in [-0.1, -0.05) is 0 Å². The van der Waals surface area contributed by atoms with E-state index in [2.05, 4.69) is 4.98 Å². The van der Waals surface area contributed by atoms with Crippen LogP contribution in [0.2, 0.25) is 0 Å². The number of carbonyl (C=O) groups excluding carboxylic acids is 1. The fourth-order valence-corrected chi connectivity index (χ4v) is 0.562. The maximum Gasteiger partial charge on any atom is 1.00 e. The number of aromatic nitrogens is 2. The van der Waals surface area contributed by atoms with Crippen molar-refractivity contribution in [3.05, 3.63) is 18.2 Å². The first-order chi connectivity index (χ1) is 4.22. The molecular formula is C5H5LiN2O2. The van der Waals surface area contributed by atoms with Gasteiger partial charge in [-0.15, -0.1) is 0 Å². The van der Waals surface area contributed by atoms with Crippen LogP contribution in [-0.2, 0) is 7.05 Å². The van der Waals surface area contributed by atoms with Crippen LogP contribution >= 0.6 is 0 Å². The minimum absolute atomic E-state index is 0. The first kappa shape index (κ1) is 9.28. The molecule has 0 saturated carbocycles. The zero-order chi connectivity index (χ0) is 6.85. The van der Waals surface area contributed by atoms with E-state index >= 15 is 0 Å². The molecule has 0 aliphatic heterocycles. The summed E-state index contributed by atoms with van der Waals surface area (Å²) in [5, 5.41) is 10.1. The van der Waals surface area contributed by atoms with Gasteiger partial charge in [-0.3, -0.25) is 0 Å². The summed E-state index contributed by atoms with van der Waals surface area (Å²) in [4.78, 5) is 13.6. The van der Waals surface area contributed by atoms with E-state index in [1.807, 2.05) is 0 Å². The van der Waals surface area contributed by atoms with Crippen LogP contribution in [0.5, 0.6) is 0 Å². The van der Waals surface area contributed by atoms with Gasteiger partial charge in [0, 0.05) is 19.4 Å². The monoisotopic (exact) mass is 132 g/mol. The van der Waals surface area contributed by atoms with E-state index in [9.17, 15) is 9.90 Å². The van der Waals surface area contributed by atoms with Crippen molar-refractivity contribution in [1.29, 1.82) is 0 Å². The normalized spacial score (nSPS) is 8.50. The smallest absolute Gasteiger partial charge is 0.542 e. The summed E-state index contributed by atoms with van der Waals surface area (Å²) in [6.07, 6.45) is 2.95. The summed E-state index contributed by atoms with van der Waals surface area (Å²) in [5.74, 6) is -1.29. The van der Waals surface area contributed by atoms with E-state index < -0.39 is 5.97 Å². The Labute approximate surface area is 70.1 Å². The van der Waals surface area contributed by atoms with Gasteiger partial charge >= 0.3 is 18.9 Å². The number of hydrogen-bond acceptors (Lipinski definition) is 3. The number of aromatic carboxylic acids is 1. The van der Waals surface area contributed by atoms with E-state index in [0.29, 0.717) is 0 Å². The first-order valence-electron chi connectivity index (χ1n) is 2.40. The van der Waals surface area contributed by atoms with Crippen molar-refractivity contribution in [2.45, 2.75) is 0 Å². The van der Waals surface area contributed by atoms with E-state index in [1.54, 1.807) is 13.2 Å². The summed E-state index contributed by atoms with van der Waals surface area (Å²) >= 11 is 0. The van der Waals surface area contributed by atoms with Crippen LogP contribution in [0.1, 0.15) is 10.6 Å². The number of nitrogens with zero attached hydrogens (tertiary/aromatic N) is 2. The zero-order valence-corrected chi connectivity index (χ0v) is 5.87. The molecule has 1 aromatic heterocycles. The molecule has 0 radical (unpaired) electrons. The second kappa shape index (κ2) is 3.45. The Morgan fingerprint density at radius 2 is 2.40 bits per heavy atom. The molecule has 10 heavy (non-hydrogen) atoms. The second-order valence-electron chi connectivity index (χ2n) is 1.65. The third kappa shape index (κ3) is 1.63. The van der Waals surface area contributed by atoms with E-state index in [0.717, 1.165) is 0 Å². The number of carboxylic acid groups (broad SMARTS) is 1. The Balaban J connectivity index is 0.000000810. The molecule has 0 bridgehead atoms. The van der Waals surface area contributed by atoms with Crippen molar-refractivity contribution in [1.82, 2.24) is 9.55 Å². The Hall–Kier alpha value is -0.723.